The van der Waals surface area contributed by atoms with Crippen LogP contribution in [0.2, 0.25) is 0 Å². The summed E-state index contributed by atoms with van der Waals surface area (Å²) < 4.78 is 0. The molecule has 1 fully saturated rings. The Bertz CT molecular complexity index is 217. The van der Waals surface area contributed by atoms with E-state index in [1.54, 1.807) is 0 Å². The number of nitrogens with one attached hydrogen (secondary N) is 1. The maximum absolute atomic E-state index is 11.2. The Morgan fingerprint density at radius 3 is 2.23 bits per heavy atom. The van der Waals surface area contributed by atoms with Gasteiger partial charge in [0.05, 0.1) is 11.8 Å². The van der Waals surface area contributed by atoms with Crippen LogP contribution in [0.5, 0.6) is 0 Å². The quantitative estimate of drug-likeness (QED) is 0.318. The molecule has 0 aliphatic heterocycles. The zero-order valence-electron chi connectivity index (χ0n) is 7.32. The summed E-state index contributed by atoms with van der Waals surface area (Å²) in [4.78, 5) is 21.9. The summed E-state index contributed by atoms with van der Waals surface area (Å²) in [7, 11) is 0. The van der Waals surface area contributed by atoms with E-state index in [9.17, 15) is 9.59 Å². The fourth-order valence-corrected chi connectivity index (χ4v) is 1.85. The van der Waals surface area contributed by atoms with Crippen LogP contribution < -0.4 is 11.3 Å². The van der Waals surface area contributed by atoms with Crippen LogP contribution in [-0.4, -0.2) is 17.0 Å². The highest BCUT2D eigenvalue weighted by atomic mass is 16.4. The van der Waals surface area contributed by atoms with E-state index in [-0.39, 0.29) is 5.91 Å². The molecule has 2 atom stereocenters. The molecule has 0 bridgehead atoms. The van der Waals surface area contributed by atoms with Gasteiger partial charge in [-0.3, -0.25) is 15.0 Å². The molecule has 74 valence electrons. The number of carboxylic acids is 1. The summed E-state index contributed by atoms with van der Waals surface area (Å²) in [5.41, 5.74) is 2.02. The van der Waals surface area contributed by atoms with E-state index in [1.165, 1.54) is 0 Å². The van der Waals surface area contributed by atoms with Gasteiger partial charge in [0.2, 0.25) is 5.91 Å². The van der Waals surface area contributed by atoms with Crippen molar-refractivity contribution in [2.75, 3.05) is 0 Å². The molecule has 0 saturated heterocycles. The Hall–Kier alpha value is -1.10. The second-order valence-corrected chi connectivity index (χ2v) is 3.34. The second-order valence-electron chi connectivity index (χ2n) is 3.34. The minimum Gasteiger partial charge on any atom is -0.481 e. The van der Waals surface area contributed by atoms with Crippen molar-refractivity contribution in [1.82, 2.24) is 5.43 Å². The van der Waals surface area contributed by atoms with Gasteiger partial charge in [0.15, 0.2) is 0 Å². The van der Waals surface area contributed by atoms with E-state index >= 15 is 0 Å². The number of carbonyl (C=O) groups excluding carboxylic acids is 1. The summed E-state index contributed by atoms with van der Waals surface area (Å²) in [6.07, 6.45) is 2.99. The first-order valence-electron chi connectivity index (χ1n) is 4.40. The van der Waals surface area contributed by atoms with Gasteiger partial charge < -0.3 is 5.11 Å². The Kier molecular flexibility index (Phi) is 3.25. The zero-order chi connectivity index (χ0) is 9.84. The van der Waals surface area contributed by atoms with E-state index < -0.39 is 17.8 Å². The maximum atomic E-state index is 11.2. The van der Waals surface area contributed by atoms with E-state index in [1.807, 2.05) is 5.43 Å². The number of hydrogen-bond donors (Lipinski definition) is 3. The van der Waals surface area contributed by atoms with E-state index in [0.717, 1.165) is 12.8 Å². The Morgan fingerprint density at radius 1 is 1.23 bits per heavy atom. The molecule has 1 saturated carbocycles. The lowest BCUT2D eigenvalue weighted by Crippen LogP contribution is -2.42. The van der Waals surface area contributed by atoms with Gasteiger partial charge in [-0.2, -0.15) is 0 Å². The highest BCUT2D eigenvalue weighted by Gasteiger charge is 2.35. The first-order chi connectivity index (χ1) is 6.16. The van der Waals surface area contributed by atoms with Crippen molar-refractivity contribution in [1.29, 1.82) is 0 Å². The molecule has 5 heteroatoms. The number of carbonyl (C=O) groups is 2. The monoisotopic (exact) mass is 186 g/mol. The van der Waals surface area contributed by atoms with Crippen LogP contribution in [0, 0.1) is 11.8 Å². The molecular weight excluding hydrogens is 172 g/mol. The molecule has 0 spiro atoms. The predicted molar refractivity (Wildman–Crippen MR) is 45.4 cm³/mol. The van der Waals surface area contributed by atoms with Gasteiger partial charge in [0.1, 0.15) is 0 Å². The molecule has 5 nitrogen and oxygen atoms in total. The van der Waals surface area contributed by atoms with E-state index in [2.05, 4.69) is 0 Å². The molecule has 1 aliphatic carbocycles. The Morgan fingerprint density at radius 2 is 1.77 bits per heavy atom. The van der Waals surface area contributed by atoms with E-state index in [4.69, 9.17) is 10.9 Å². The molecule has 1 amide bonds. The van der Waals surface area contributed by atoms with Crippen LogP contribution in [0.4, 0.5) is 0 Å². The summed E-state index contributed by atoms with van der Waals surface area (Å²) in [6, 6.07) is 0. The number of nitrogens with two attached hydrogens (primary N) is 1. The van der Waals surface area contributed by atoms with Crippen LogP contribution in [0.25, 0.3) is 0 Å². The van der Waals surface area contributed by atoms with Crippen molar-refractivity contribution in [3.63, 3.8) is 0 Å². The van der Waals surface area contributed by atoms with Crippen molar-refractivity contribution in [2.45, 2.75) is 25.7 Å². The lowest BCUT2D eigenvalue weighted by molar-refractivity contribution is -0.148. The number of rotatable bonds is 2. The number of hydrogen-bond acceptors (Lipinski definition) is 3. The van der Waals surface area contributed by atoms with Crippen LogP contribution in [0.3, 0.4) is 0 Å². The molecule has 0 heterocycles. The predicted octanol–water partition coefficient (Wildman–Crippen LogP) is -0.133. The standard InChI is InChI=1S/C8H14N2O3/c9-10-7(11)5-3-1-2-4-6(5)8(12)13/h5-6H,1-4,9H2,(H,10,11)(H,12,13). The van der Waals surface area contributed by atoms with Crippen LogP contribution in [0.15, 0.2) is 0 Å². The molecule has 0 aromatic carbocycles. The number of amides is 1. The normalized spacial score (nSPS) is 28.1. The van der Waals surface area contributed by atoms with Gasteiger partial charge in [-0.1, -0.05) is 12.8 Å². The molecule has 2 unspecified atom stereocenters. The molecule has 13 heavy (non-hydrogen) atoms. The van der Waals surface area contributed by atoms with Gasteiger partial charge in [-0.25, -0.2) is 5.84 Å². The van der Waals surface area contributed by atoms with Crippen LogP contribution in [-0.2, 0) is 9.59 Å². The average Bonchev–Trinajstić information content (AvgIpc) is 2.16. The first kappa shape index (κ1) is 9.98. The highest BCUT2D eigenvalue weighted by molar-refractivity contribution is 5.84. The number of carboxylic acid groups (broad SMARTS) is 1. The first-order valence-corrected chi connectivity index (χ1v) is 4.40. The van der Waals surface area contributed by atoms with Crippen molar-refractivity contribution < 1.29 is 14.7 Å². The average molecular weight is 186 g/mol. The fraction of sp³-hybridized carbons (Fsp3) is 0.750. The molecule has 1 aliphatic rings. The largest absolute Gasteiger partial charge is 0.481 e. The van der Waals surface area contributed by atoms with Crippen molar-refractivity contribution in [3.05, 3.63) is 0 Å². The lowest BCUT2D eigenvalue weighted by atomic mass is 9.79. The Labute approximate surface area is 76.3 Å². The second kappa shape index (κ2) is 4.23. The Balaban J connectivity index is 2.67. The van der Waals surface area contributed by atoms with Gasteiger partial charge in [0, 0.05) is 0 Å². The summed E-state index contributed by atoms with van der Waals surface area (Å²) in [5, 5.41) is 8.83. The summed E-state index contributed by atoms with van der Waals surface area (Å²) in [5.74, 6) is 2.72. The smallest absolute Gasteiger partial charge is 0.307 e. The third-order valence-electron chi connectivity index (χ3n) is 2.56. The fourth-order valence-electron chi connectivity index (χ4n) is 1.85. The summed E-state index contributed by atoms with van der Waals surface area (Å²) >= 11 is 0. The third kappa shape index (κ3) is 2.18. The zero-order valence-corrected chi connectivity index (χ0v) is 7.32. The molecule has 0 radical (unpaired) electrons. The molecule has 4 N–H and O–H groups in total. The minimum atomic E-state index is -0.895. The molecule has 0 aromatic rings. The lowest BCUT2D eigenvalue weighted by Gasteiger charge is -2.26. The van der Waals surface area contributed by atoms with Gasteiger partial charge in [-0.05, 0) is 12.8 Å². The van der Waals surface area contributed by atoms with Crippen molar-refractivity contribution in [2.24, 2.45) is 17.7 Å². The highest BCUT2D eigenvalue weighted by Crippen LogP contribution is 2.30. The van der Waals surface area contributed by atoms with E-state index in [0.29, 0.717) is 12.8 Å². The molecule has 1 rings (SSSR count). The van der Waals surface area contributed by atoms with Crippen molar-refractivity contribution >= 4 is 11.9 Å². The number of aliphatic carboxylic acids is 1. The van der Waals surface area contributed by atoms with Crippen molar-refractivity contribution in [3.8, 4) is 0 Å². The van der Waals surface area contributed by atoms with Crippen LogP contribution in [0.1, 0.15) is 25.7 Å². The van der Waals surface area contributed by atoms with Gasteiger partial charge >= 0.3 is 5.97 Å². The van der Waals surface area contributed by atoms with Gasteiger partial charge in [0.25, 0.3) is 0 Å². The topological polar surface area (TPSA) is 92.4 Å². The van der Waals surface area contributed by atoms with Crippen LogP contribution >= 0.6 is 0 Å². The maximum Gasteiger partial charge on any atom is 0.307 e. The minimum absolute atomic E-state index is 0.355. The van der Waals surface area contributed by atoms with Gasteiger partial charge in [-0.15, -0.1) is 0 Å². The SMILES string of the molecule is NNC(=O)C1CCCCC1C(=O)O. The third-order valence-corrected chi connectivity index (χ3v) is 2.56. The molecular formula is C8H14N2O3. The molecule has 0 aromatic heterocycles. The summed E-state index contributed by atoms with van der Waals surface area (Å²) in [6.45, 7) is 0. The number of hydrazine groups is 1.